The molecular weight excluding hydrogens is 246 g/mol. The van der Waals surface area contributed by atoms with Crippen molar-refractivity contribution < 1.29 is 4.79 Å². The van der Waals surface area contributed by atoms with E-state index in [1.165, 1.54) is 30.4 Å². The van der Waals surface area contributed by atoms with Crippen molar-refractivity contribution in [3.63, 3.8) is 0 Å². The summed E-state index contributed by atoms with van der Waals surface area (Å²) in [5, 5.41) is 0. The zero-order chi connectivity index (χ0) is 13.5. The van der Waals surface area contributed by atoms with Gasteiger partial charge in [-0.1, -0.05) is 43.2 Å². The lowest BCUT2D eigenvalue weighted by molar-refractivity contribution is 0.0891. The lowest BCUT2D eigenvalue weighted by Crippen LogP contribution is -2.20. The van der Waals surface area contributed by atoms with E-state index in [9.17, 15) is 4.79 Å². The van der Waals surface area contributed by atoms with Crippen molar-refractivity contribution in [3.8, 4) is 0 Å². The SMILES string of the molecule is O=C1c2cc(Cc3ccccc3)cn2C2CCCCC12. The summed E-state index contributed by atoms with van der Waals surface area (Å²) in [5.74, 6) is 0.651. The molecule has 1 saturated carbocycles. The molecule has 1 fully saturated rings. The molecular formula is C18H19NO. The van der Waals surface area contributed by atoms with E-state index in [1.807, 2.05) is 6.07 Å². The summed E-state index contributed by atoms with van der Waals surface area (Å²) in [6.45, 7) is 0. The molecule has 0 spiro atoms. The van der Waals surface area contributed by atoms with Crippen LogP contribution in [0.5, 0.6) is 0 Å². The Balaban J connectivity index is 1.64. The van der Waals surface area contributed by atoms with Gasteiger partial charge in [-0.2, -0.15) is 0 Å². The van der Waals surface area contributed by atoms with E-state index in [4.69, 9.17) is 0 Å². The van der Waals surface area contributed by atoms with E-state index in [0.717, 1.165) is 18.5 Å². The molecule has 0 saturated heterocycles. The zero-order valence-electron chi connectivity index (χ0n) is 11.6. The maximum atomic E-state index is 12.5. The monoisotopic (exact) mass is 265 g/mol. The summed E-state index contributed by atoms with van der Waals surface area (Å²) in [7, 11) is 0. The Morgan fingerprint density at radius 3 is 2.70 bits per heavy atom. The van der Waals surface area contributed by atoms with E-state index in [-0.39, 0.29) is 5.92 Å². The number of carbonyl (C=O) groups excluding carboxylic acids is 1. The Kier molecular flexibility index (Phi) is 2.76. The molecule has 0 bridgehead atoms. The molecule has 20 heavy (non-hydrogen) atoms. The van der Waals surface area contributed by atoms with E-state index in [1.54, 1.807) is 0 Å². The fraction of sp³-hybridized carbons (Fsp3) is 0.389. The molecule has 2 atom stereocenters. The molecule has 0 N–H and O–H groups in total. The molecule has 2 unspecified atom stereocenters. The maximum Gasteiger partial charge on any atom is 0.184 e. The number of benzene rings is 1. The second-order valence-corrected chi connectivity index (χ2v) is 6.13. The summed E-state index contributed by atoms with van der Waals surface area (Å²) in [5.41, 5.74) is 3.53. The van der Waals surface area contributed by atoms with Gasteiger partial charge >= 0.3 is 0 Å². The van der Waals surface area contributed by atoms with Gasteiger partial charge in [0, 0.05) is 18.2 Å². The van der Waals surface area contributed by atoms with Crippen LogP contribution < -0.4 is 0 Å². The van der Waals surface area contributed by atoms with Crippen LogP contribution >= 0.6 is 0 Å². The second-order valence-electron chi connectivity index (χ2n) is 6.13. The Morgan fingerprint density at radius 1 is 1.05 bits per heavy atom. The zero-order valence-corrected chi connectivity index (χ0v) is 11.6. The number of hydrogen-bond acceptors (Lipinski definition) is 1. The average Bonchev–Trinajstić information content (AvgIpc) is 3.01. The Bertz CT molecular complexity index is 641. The molecule has 0 amide bonds. The molecule has 4 rings (SSSR count). The highest BCUT2D eigenvalue weighted by atomic mass is 16.1. The third-order valence-corrected chi connectivity index (χ3v) is 4.83. The van der Waals surface area contributed by atoms with Crippen LogP contribution in [-0.4, -0.2) is 10.4 Å². The lowest BCUT2D eigenvalue weighted by atomic mass is 9.83. The topological polar surface area (TPSA) is 22.0 Å². The smallest absolute Gasteiger partial charge is 0.184 e. The van der Waals surface area contributed by atoms with Crippen LogP contribution in [0.25, 0.3) is 0 Å². The van der Waals surface area contributed by atoms with Crippen LogP contribution in [-0.2, 0) is 6.42 Å². The normalized spacial score (nSPS) is 24.5. The Morgan fingerprint density at radius 2 is 1.85 bits per heavy atom. The molecule has 1 aromatic heterocycles. The van der Waals surface area contributed by atoms with E-state index >= 15 is 0 Å². The molecule has 2 aliphatic rings. The summed E-state index contributed by atoms with van der Waals surface area (Å²) in [6.07, 6.45) is 7.87. The van der Waals surface area contributed by atoms with E-state index < -0.39 is 0 Å². The molecule has 2 nitrogen and oxygen atoms in total. The number of hydrogen-bond donors (Lipinski definition) is 0. The van der Waals surface area contributed by atoms with Crippen LogP contribution in [0.3, 0.4) is 0 Å². The summed E-state index contributed by atoms with van der Waals surface area (Å²) in [4.78, 5) is 12.5. The first kappa shape index (κ1) is 12.0. The number of Topliss-reactive ketones (excluding diaryl/α,β-unsaturated/α-hetero) is 1. The summed E-state index contributed by atoms with van der Waals surface area (Å²) >= 11 is 0. The van der Waals surface area contributed by atoms with E-state index in [2.05, 4.69) is 41.1 Å². The summed E-state index contributed by atoms with van der Waals surface area (Å²) < 4.78 is 2.27. The van der Waals surface area contributed by atoms with Crippen molar-refractivity contribution in [2.45, 2.75) is 38.1 Å². The predicted octanol–water partition coefficient (Wildman–Crippen LogP) is 4.01. The minimum atomic E-state index is 0.268. The number of rotatable bonds is 2. The van der Waals surface area contributed by atoms with Crippen LogP contribution in [0.1, 0.15) is 53.3 Å². The molecule has 1 aromatic carbocycles. The molecule has 102 valence electrons. The highest BCUT2D eigenvalue weighted by molar-refractivity contribution is 5.99. The quantitative estimate of drug-likeness (QED) is 0.804. The van der Waals surface area contributed by atoms with Crippen LogP contribution in [0.15, 0.2) is 42.6 Å². The average molecular weight is 265 g/mol. The minimum absolute atomic E-state index is 0.268. The van der Waals surface area contributed by atoms with Crippen molar-refractivity contribution in [3.05, 3.63) is 59.4 Å². The third-order valence-electron chi connectivity index (χ3n) is 4.83. The number of carbonyl (C=O) groups is 1. The van der Waals surface area contributed by atoms with Gasteiger partial charge in [0.25, 0.3) is 0 Å². The van der Waals surface area contributed by atoms with Crippen molar-refractivity contribution >= 4 is 5.78 Å². The van der Waals surface area contributed by atoms with Gasteiger partial charge in [-0.3, -0.25) is 4.79 Å². The fourth-order valence-electron chi connectivity index (χ4n) is 3.88. The van der Waals surface area contributed by atoms with Crippen molar-refractivity contribution in [2.24, 2.45) is 5.92 Å². The summed E-state index contributed by atoms with van der Waals surface area (Å²) in [6, 6.07) is 13.0. The first-order valence-electron chi connectivity index (χ1n) is 7.62. The number of ketones is 1. The third kappa shape index (κ3) is 1.82. The van der Waals surface area contributed by atoms with Crippen molar-refractivity contribution in [2.75, 3.05) is 0 Å². The highest BCUT2D eigenvalue weighted by Gasteiger charge is 2.40. The largest absolute Gasteiger partial charge is 0.341 e. The maximum absolute atomic E-state index is 12.5. The van der Waals surface area contributed by atoms with Crippen molar-refractivity contribution in [1.82, 2.24) is 4.57 Å². The van der Waals surface area contributed by atoms with Gasteiger partial charge in [0.05, 0.1) is 5.69 Å². The predicted molar refractivity (Wildman–Crippen MR) is 79.0 cm³/mol. The van der Waals surface area contributed by atoms with Crippen molar-refractivity contribution in [1.29, 1.82) is 0 Å². The van der Waals surface area contributed by atoms with Gasteiger partial charge < -0.3 is 4.57 Å². The number of fused-ring (bicyclic) bond motifs is 3. The van der Waals surface area contributed by atoms with Gasteiger partial charge in [0.2, 0.25) is 0 Å². The van der Waals surface area contributed by atoms with Gasteiger partial charge in [-0.15, -0.1) is 0 Å². The van der Waals surface area contributed by atoms with Gasteiger partial charge in [0.1, 0.15) is 0 Å². The van der Waals surface area contributed by atoms with Crippen LogP contribution in [0.4, 0.5) is 0 Å². The van der Waals surface area contributed by atoms with Gasteiger partial charge in [0.15, 0.2) is 5.78 Å². The number of aromatic nitrogens is 1. The molecule has 1 aliphatic heterocycles. The molecule has 2 heterocycles. The standard InChI is InChI=1S/C18H19NO/c20-18-15-8-4-5-9-16(15)19-12-14(11-17(18)19)10-13-6-2-1-3-7-13/h1-3,6-7,11-12,15-16H,4-5,8-10H2. The molecule has 2 aromatic rings. The molecule has 1 aliphatic carbocycles. The van der Waals surface area contributed by atoms with Gasteiger partial charge in [-0.25, -0.2) is 0 Å². The first-order valence-corrected chi connectivity index (χ1v) is 7.62. The molecule has 2 heteroatoms. The first-order chi connectivity index (χ1) is 9.83. The second kappa shape index (κ2) is 4.62. The fourth-order valence-corrected chi connectivity index (χ4v) is 3.88. The van der Waals surface area contributed by atoms with Crippen LogP contribution in [0, 0.1) is 5.92 Å². The van der Waals surface area contributed by atoms with Gasteiger partial charge in [-0.05, 0) is 36.5 Å². The lowest BCUT2D eigenvalue weighted by Gasteiger charge is -2.25. The van der Waals surface area contributed by atoms with E-state index in [0.29, 0.717) is 11.8 Å². The minimum Gasteiger partial charge on any atom is -0.341 e. The number of nitrogens with zero attached hydrogens (tertiary/aromatic N) is 1. The Hall–Kier alpha value is -1.83. The highest BCUT2D eigenvalue weighted by Crippen LogP contribution is 2.42. The molecule has 0 radical (unpaired) electrons. The Labute approximate surface area is 119 Å². The van der Waals surface area contributed by atoms with Crippen LogP contribution in [0.2, 0.25) is 0 Å².